The molecule has 0 unspecified atom stereocenters. The number of hydrogen-bond acceptors (Lipinski definition) is 6. The molecule has 0 aliphatic heterocycles. The highest BCUT2D eigenvalue weighted by Gasteiger charge is 2.05. The predicted octanol–water partition coefficient (Wildman–Crippen LogP) is 3.73. The van der Waals surface area contributed by atoms with Crippen molar-refractivity contribution in [2.24, 2.45) is 10.2 Å². The molecule has 0 aromatic heterocycles. The van der Waals surface area contributed by atoms with Gasteiger partial charge >= 0.3 is 0 Å². The fourth-order valence-electron chi connectivity index (χ4n) is 2.49. The van der Waals surface area contributed by atoms with Gasteiger partial charge in [-0.15, -0.1) is 5.11 Å². The van der Waals surface area contributed by atoms with Crippen LogP contribution in [0.25, 0.3) is 0 Å². The number of ether oxygens (including phenoxy) is 1. The summed E-state index contributed by atoms with van der Waals surface area (Å²) in [5, 5.41) is 24.2. The lowest BCUT2D eigenvalue weighted by Gasteiger charge is -2.05. The smallest absolute Gasteiger partial charge is 0.251 e. The van der Waals surface area contributed by atoms with E-state index in [9.17, 15) is 9.90 Å². The normalized spacial score (nSPS) is 11.1. The molecule has 150 valence electrons. The van der Waals surface area contributed by atoms with E-state index in [2.05, 4.69) is 20.9 Å². The number of azo groups is 1. The molecular formula is C21H28N4O3. The molecule has 3 N–H and O–H groups in total. The van der Waals surface area contributed by atoms with Crippen LogP contribution in [-0.4, -0.2) is 44.4 Å². The number of phenols is 1. The van der Waals surface area contributed by atoms with Gasteiger partial charge < -0.3 is 20.5 Å². The lowest BCUT2D eigenvalue weighted by molar-refractivity contribution is 0.0944. The minimum Gasteiger partial charge on any atom is -0.506 e. The summed E-state index contributed by atoms with van der Waals surface area (Å²) in [4.78, 5) is 12.1. The largest absolute Gasteiger partial charge is 0.506 e. The van der Waals surface area contributed by atoms with E-state index in [1.54, 1.807) is 30.3 Å². The van der Waals surface area contributed by atoms with Crippen LogP contribution in [-0.2, 0) is 11.2 Å². The summed E-state index contributed by atoms with van der Waals surface area (Å²) in [5.74, 6) is -0.0464. The number of phenolic OH excluding ortho intramolecular Hbond substituents is 1. The number of nitrogens with one attached hydrogen (secondary N) is 2. The van der Waals surface area contributed by atoms with Crippen LogP contribution in [0.1, 0.15) is 29.3 Å². The van der Waals surface area contributed by atoms with Crippen molar-refractivity contribution in [3.05, 3.63) is 53.6 Å². The number of amides is 1. The molecule has 2 rings (SSSR count). The Bertz CT molecular complexity index is 776. The lowest BCUT2D eigenvalue weighted by Crippen LogP contribution is -2.25. The maximum atomic E-state index is 12.1. The first-order valence-corrected chi connectivity index (χ1v) is 9.48. The van der Waals surface area contributed by atoms with E-state index in [0.29, 0.717) is 36.7 Å². The van der Waals surface area contributed by atoms with Gasteiger partial charge in [0.05, 0.1) is 5.69 Å². The van der Waals surface area contributed by atoms with Crippen LogP contribution < -0.4 is 10.6 Å². The van der Waals surface area contributed by atoms with Gasteiger partial charge in [-0.1, -0.05) is 6.07 Å². The Kier molecular flexibility index (Phi) is 9.10. The maximum absolute atomic E-state index is 12.1. The van der Waals surface area contributed by atoms with Gasteiger partial charge in [0.15, 0.2) is 0 Å². The summed E-state index contributed by atoms with van der Waals surface area (Å²) in [5.41, 5.74) is 2.65. The third kappa shape index (κ3) is 7.09. The predicted molar refractivity (Wildman–Crippen MR) is 110 cm³/mol. The summed E-state index contributed by atoms with van der Waals surface area (Å²) in [6, 6.07) is 12.2. The van der Waals surface area contributed by atoms with E-state index >= 15 is 0 Å². The van der Waals surface area contributed by atoms with Gasteiger partial charge in [-0.25, -0.2) is 0 Å². The van der Waals surface area contributed by atoms with Crippen LogP contribution in [0, 0.1) is 0 Å². The van der Waals surface area contributed by atoms with Crippen molar-refractivity contribution < 1.29 is 14.6 Å². The van der Waals surface area contributed by atoms with Gasteiger partial charge in [-0.05, 0) is 75.3 Å². The van der Waals surface area contributed by atoms with E-state index in [4.69, 9.17) is 4.74 Å². The molecule has 7 heteroatoms. The second-order valence-electron chi connectivity index (χ2n) is 6.23. The topological polar surface area (TPSA) is 95.3 Å². The zero-order valence-corrected chi connectivity index (χ0v) is 16.4. The molecule has 0 atom stereocenters. The third-order valence-electron chi connectivity index (χ3n) is 4.06. The van der Waals surface area contributed by atoms with Gasteiger partial charge in [0.25, 0.3) is 5.91 Å². The molecule has 0 saturated carbocycles. The van der Waals surface area contributed by atoms with Crippen molar-refractivity contribution >= 4 is 17.3 Å². The van der Waals surface area contributed by atoms with Crippen molar-refractivity contribution in [3.8, 4) is 5.75 Å². The molecular weight excluding hydrogens is 356 g/mol. The van der Waals surface area contributed by atoms with Crippen LogP contribution in [0.3, 0.4) is 0 Å². The number of nitrogens with zero attached hydrogens (tertiary/aromatic N) is 2. The SMILES string of the molecule is CCOCCCNC(=O)c1ccc(N=Nc2cc(CCNC)ccc2O)cc1. The number of carbonyl (C=O) groups is 1. The van der Waals surface area contributed by atoms with Crippen LogP contribution in [0.15, 0.2) is 52.7 Å². The molecule has 0 heterocycles. The Labute approximate surface area is 165 Å². The van der Waals surface area contributed by atoms with Crippen molar-refractivity contribution in [2.45, 2.75) is 19.8 Å². The number of hydrogen-bond donors (Lipinski definition) is 3. The average Bonchev–Trinajstić information content (AvgIpc) is 2.72. The highest BCUT2D eigenvalue weighted by molar-refractivity contribution is 5.94. The van der Waals surface area contributed by atoms with Gasteiger partial charge in [0.1, 0.15) is 11.4 Å². The minimum atomic E-state index is -0.130. The molecule has 0 bridgehead atoms. The van der Waals surface area contributed by atoms with Gasteiger partial charge in [0, 0.05) is 25.3 Å². The summed E-state index contributed by atoms with van der Waals surface area (Å²) in [7, 11) is 1.89. The van der Waals surface area contributed by atoms with E-state index < -0.39 is 0 Å². The average molecular weight is 384 g/mol. The fourth-order valence-corrected chi connectivity index (χ4v) is 2.49. The van der Waals surface area contributed by atoms with Gasteiger partial charge in [-0.3, -0.25) is 4.79 Å². The summed E-state index contributed by atoms with van der Waals surface area (Å²) in [6.07, 6.45) is 1.62. The molecule has 0 radical (unpaired) electrons. The molecule has 2 aromatic carbocycles. The quantitative estimate of drug-likeness (QED) is 0.406. The molecule has 0 fully saturated rings. The molecule has 28 heavy (non-hydrogen) atoms. The number of carbonyl (C=O) groups excluding carboxylic acids is 1. The first-order valence-electron chi connectivity index (χ1n) is 9.48. The van der Waals surface area contributed by atoms with Gasteiger partial charge in [0.2, 0.25) is 0 Å². The van der Waals surface area contributed by atoms with Crippen LogP contribution in [0.5, 0.6) is 5.75 Å². The Morgan fingerprint density at radius 1 is 1.11 bits per heavy atom. The lowest BCUT2D eigenvalue weighted by atomic mass is 10.1. The van der Waals surface area contributed by atoms with Crippen molar-refractivity contribution in [2.75, 3.05) is 33.4 Å². The zero-order chi connectivity index (χ0) is 20.2. The first kappa shape index (κ1) is 21.5. The van der Waals surface area contributed by atoms with E-state index in [-0.39, 0.29) is 11.7 Å². The fraction of sp³-hybridized carbons (Fsp3) is 0.381. The Morgan fingerprint density at radius 2 is 1.89 bits per heavy atom. The number of likely N-dealkylation sites (N-methyl/N-ethyl adjacent to an activating group) is 1. The minimum absolute atomic E-state index is 0.0833. The Balaban J connectivity index is 1.93. The maximum Gasteiger partial charge on any atom is 0.251 e. The van der Waals surface area contributed by atoms with Crippen LogP contribution in [0.4, 0.5) is 11.4 Å². The standard InChI is InChI=1S/C21H28N4O3/c1-3-28-14-4-12-23-21(27)17-6-8-18(9-7-17)24-25-19-15-16(11-13-22-2)5-10-20(19)26/h5-10,15,22,26H,3-4,11-14H2,1-2H3,(H,23,27). The van der Waals surface area contributed by atoms with Crippen LogP contribution in [0.2, 0.25) is 0 Å². The van der Waals surface area contributed by atoms with Crippen molar-refractivity contribution in [1.29, 1.82) is 0 Å². The second kappa shape index (κ2) is 11.8. The number of aromatic hydroxyl groups is 1. The van der Waals surface area contributed by atoms with E-state index in [1.165, 1.54) is 0 Å². The highest BCUT2D eigenvalue weighted by Crippen LogP contribution is 2.29. The van der Waals surface area contributed by atoms with E-state index in [1.807, 2.05) is 26.1 Å². The first-order chi connectivity index (χ1) is 13.6. The highest BCUT2D eigenvalue weighted by atomic mass is 16.5. The third-order valence-corrected chi connectivity index (χ3v) is 4.06. The molecule has 1 amide bonds. The number of rotatable bonds is 11. The van der Waals surface area contributed by atoms with Crippen molar-refractivity contribution in [1.82, 2.24) is 10.6 Å². The summed E-state index contributed by atoms with van der Waals surface area (Å²) >= 11 is 0. The second-order valence-corrected chi connectivity index (χ2v) is 6.23. The Morgan fingerprint density at radius 3 is 2.61 bits per heavy atom. The molecule has 0 aliphatic rings. The zero-order valence-electron chi connectivity index (χ0n) is 16.4. The monoisotopic (exact) mass is 384 g/mol. The van der Waals surface area contributed by atoms with Crippen LogP contribution >= 0.6 is 0 Å². The summed E-state index contributed by atoms with van der Waals surface area (Å²) < 4.78 is 5.24. The number of benzene rings is 2. The van der Waals surface area contributed by atoms with Crippen molar-refractivity contribution in [3.63, 3.8) is 0 Å². The molecule has 2 aromatic rings. The van der Waals surface area contributed by atoms with Gasteiger partial charge in [-0.2, -0.15) is 5.11 Å². The molecule has 0 spiro atoms. The molecule has 0 aliphatic carbocycles. The molecule has 0 saturated heterocycles. The van der Waals surface area contributed by atoms with E-state index in [0.717, 1.165) is 24.9 Å². The summed E-state index contributed by atoms with van der Waals surface area (Å²) in [6.45, 7) is 4.68. The molecule has 7 nitrogen and oxygen atoms in total. The Hall–Kier alpha value is -2.77.